The summed E-state index contributed by atoms with van der Waals surface area (Å²) < 4.78 is 11.6. The van der Waals surface area contributed by atoms with Gasteiger partial charge in [-0.15, -0.1) is 0 Å². The minimum atomic E-state index is -0.245. The first-order valence-electron chi connectivity index (χ1n) is 8.86. The molecule has 0 aromatic rings. The van der Waals surface area contributed by atoms with Gasteiger partial charge in [0.1, 0.15) is 18.0 Å². The van der Waals surface area contributed by atoms with Crippen LogP contribution < -0.4 is 0 Å². The van der Waals surface area contributed by atoms with Crippen molar-refractivity contribution in [3.63, 3.8) is 0 Å². The third-order valence-corrected chi connectivity index (χ3v) is 6.21. The average Bonchev–Trinajstić information content (AvgIpc) is 2.95. The predicted molar refractivity (Wildman–Crippen MR) is 83.1 cm³/mol. The van der Waals surface area contributed by atoms with Gasteiger partial charge in [-0.25, -0.2) is 0 Å². The molecule has 0 aromatic carbocycles. The fourth-order valence-electron chi connectivity index (χ4n) is 5.44. The van der Waals surface area contributed by atoms with Crippen LogP contribution in [0.2, 0.25) is 0 Å². The van der Waals surface area contributed by atoms with E-state index in [1.54, 1.807) is 6.92 Å². The summed E-state index contributed by atoms with van der Waals surface area (Å²) in [6, 6.07) is 0. The van der Waals surface area contributed by atoms with Crippen molar-refractivity contribution in [2.45, 2.75) is 76.5 Å². The van der Waals surface area contributed by atoms with Gasteiger partial charge in [0, 0.05) is 25.6 Å². The molecule has 0 N–H and O–H groups in total. The van der Waals surface area contributed by atoms with Crippen LogP contribution in [0.15, 0.2) is 12.0 Å². The maximum atomic E-state index is 12.3. The Morgan fingerprint density at radius 3 is 2.65 bits per heavy atom. The maximum Gasteiger partial charge on any atom is 0.303 e. The van der Waals surface area contributed by atoms with E-state index in [1.807, 2.05) is 11.1 Å². The molecule has 1 saturated heterocycles. The van der Waals surface area contributed by atoms with Crippen LogP contribution in [-0.4, -0.2) is 34.5 Å². The second-order valence-corrected chi connectivity index (χ2v) is 7.66. The number of nitrogens with zero attached hydrogens (tertiary/aromatic N) is 1. The van der Waals surface area contributed by atoms with Crippen LogP contribution >= 0.6 is 0 Å². The highest BCUT2D eigenvalue weighted by atomic mass is 16.6. The second kappa shape index (κ2) is 5.25. The topological polar surface area (TPSA) is 55.8 Å². The van der Waals surface area contributed by atoms with Gasteiger partial charge in [0.15, 0.2) is 0 Å². The lowest BCUT2D eigenvalue weighted by Crippen LogP contribution is -2.50. The lowest BCUT2D eigenvalue weighted by molar-refractivity contribution is -0.148. The minimum Gasteiger partial charge on any atom is -0.489 e. The summed E-state index contributed by atoms with van der Waals surface area (Å²) in [7, 11) is 0. The fraction of sp³-hybridized carbons (Fsp3) is 0.778. The van der Waals surface area contributed by atoms with Crippen molar-refractivity contribution in [3.8, 4) is 0 Å². The smallest absolute Gasteiger partial charge is 0.303 e. The van der Waals surface area contributed by atoms with E-state index in [0.29, 0.717) is 5.92 Å². The van der Waals surface area contributed by atoms with E-state index in [2.05, 4.69) is 0 Å². The van der Waals surface area contributed by atoms with Gasteiger partial charge in [0.25, 0.3) is 0 Å². The number of carbonyl (C=O) groups is 2. The van der Waals surface area contributed by atoms with E-state index in [4.69, 9.17) is 9.47 Å². The van der Waals surface area contributed by atoms with E-state index in [1.165, 1.54) is 26.2 Å². The molecule has 126 valence electrons. The Bertz CT molecular complexity index is 563. The lowest BCUT2D eigenvalue weighted by atomic mass is 9.73. The Kier molecular flexibility index (Phi) is 3.43. The van der Waals surface area contributed by atoms with Crippen molar-refractivity contribution in [1.82, 2.24) is 4.90 Å². The fourth-order valence-corrected chi connectivity index (χ4v) is 5.44. The summed E-state index contributed by atoms with van der Waals surface area (Å²) in [4.78, 5) is 25.7. The Labute approximate surface area is 137 Å². The van der Waals surface area contributed by atoms with E-state index in [9.17, 15) is 9.59 Å². The van der Waals surface area contributed by atoms with Crippen LogP contribution in [0.5, 0.6) is 0 Å². The van der Waals surface area contributed by atoms with Crippen LogP contribution in [0.3, 0.4) is 0 Å². The van der Waals surface area contributed by atoms with Crippen LogP contribution in [-0.2, 0) is 19.1 Å². The maximum absolute atomic E-state index is 12.3. The molecule has 1 spiro atoms. The van der Waals surface area contributed by atoms with Crippen LogP contribution in [0.25, 0.3) is 0 Å². The molecule has 2 heterocycles. The van der Waals surface area contributed by atoms with Crippen molar-refractivity contribution >= 4 is 11.9 Å². The largest absolute Gasteiger partial charge is 0.489 e. The number of hydrogen-bond acceptors (Lipinski definition) is 4. The molecular weight excluding hydrogens is 294 g/mol. The first kappa shape index (κ1) is 15.0. The van der Waals surface area contributed by atoms with Crippen LogP contribution in [0.1, 0.15) is 58.8 Å². The Morgan fingerprint density at radius 2 is 2.00 bits per heavy atom. The Hall–Kier alpha value is -1.52. The summed E-state index contributed by atoms with van der Waals surface area (Å²) in [5.74, 6) is 1.29. The lowest BCUT2D eigenvalue weighted by Gasteiger charge is -2.45. The molecule has 4 atom stereocenters. The van der Waals surface area contributed by atoms with Gasteiger partial charge < -0.3 is 14.4 Å². The molecule has 2 saturated carbocycles. The standard InChI is InChI=1S/C18H25NO4/c1-11(20)19-10-15-16-13(9-18(19)6-4-3-5-7-18)8-14(23-15)17(16)22-12(2)21/h10,13-14,16-17H,3-9H2,1-2H3. The van der Waals surface area contributed by atoms with Crippen LogP contribution in [0.4, 0.5) is 0 Å². The molecule has 4 unspecified atom stereocenters. The molecule has 1 amide bonds. The van der Waals surface area contributed by atoms with E-state index in [0.717, 1.165) is 31.4 Å². The molecule has 23 heavy (non-hydrogen) atoms. The van der Waals surface area contributed by atoms with Gasteiger partial charge in [0.05, 0.1) is 5.92 Å². The summed E-state index contributed by atoms with van der Waals surface area (Å²) >= 11 is 0. The molecule has 4 aliphatic rings. The molecule has 2 aliphatic carbocycles. The summed E-state index contributed by atoms with van der Waals surface area (Å²) in [6.45, 7) is 3.11. The van der Waals surface area contributed by atoms with Gasteiger partial charge in [-0.2, -0.15) is 0 Å². The zero-order chi connectivity index (χ0) is 16.2. The summed E-state index contributed by atoms with van der Waals surface area (Å²) in [5.41, 5.74) is -0.0574. The molecule has 4 rings (SSSR count). The Morgan fingerprint density at radius 1 is 1.26 bits per heavy atom. The number of fused-ring (bicyclic) bond motifs is 1. The number of amides is 1. The van der Waals surface area contributed by atoms with Gasteiger partial charge in [0.2, 0.25) is 5.91 Å². The van der Waals surface area contributed by atoms with Gasteiger partial charge >= 0.3 is 5.97 Å². The number of carbonyl (C=O) groups excluding carboxylic acids is 2. The summed E-state index contributed by atoms with van der Waals surface area (Å²) in [5, 5.41) is 0. The number of hydrogen-bond donors (Lipinski definition) is 0. The van der Waals surface area contributed by atoms with Crippen molar-refractivity contribution in [2.75, 3.05) is 0 Å². The zero-order valence-electron chi connectivity index (χ0n) is 13.9. The molecular formula is C18H25NO4. The van der Waals surface area contributed by atoms with Crippen molar-refractivity contribution in [1.29, 1.82) is 0 Å². The number of ether oxygens (including phenoxy) is 2. The Balaban J connectivity index is 1.70. The number of rotatable bonds is 1. The molecule has 0 radical (unpaired) electrons. The van der Waals surface area contributed by atoms with Crippen LogP contribution in [0, 0.1) is 11.8 Å². The van der Waals surface area contributed by atoms with Crippen molar-refractivity contribution < 1.29 is 19.1 Å². The SMILES string of the molecule is CC(=O)OC1C2CC3CC4(CCCCC4)N(C(C)=O)C=C(O2)C31. The second-order valence-electron chi connectivity index (χ2n) is 7.66. The first-order chi connectivity index (χ1) is 11.0. The number of esters is 1. The van der Waals surface area contributed by atoms with E-state index in [-0.39, 0.29) is 35.5 Å². The highest BCUT2D eigenvalue weighted by Crippen LogP contribution is 2.55. The first-order valence-corrected chi connectivity index (χ1v) is 8.86. The molecule has 2 bridgehead atoms. The zero-order valence-corrected chi connectivity index (χ0v) is 13.9. The van der Waals surface area contributed by atoms with Crippen molar-refractivity contribution in [2.24, 2.45) is 11.8 Å². The van der Waals surface area contributed by atoms with E-state index >= 15 is 0 Å². The van der Waals surface area contributed by atoms with Crippen molar-refractivity contribution in [3.05, 3.63) is 12.0 Å². The monoisotopic (exact) mass is 319 g/mol. The van der Waals surface area contributed by atoms with Gasteiger partial charge in [-0.05, 0) is 31.6 Å². The predicted octanol–water partition coefficient (Wildman–Crippen LogP) is 2.75. The van der Waals surface area contributed by atoms with E-state index < -0.39 is 0 Å². The minimum absolute atomic E-state index is 0.0345. The third-order valence-electron chi connectivity index (χ3n) is 6.21. The molecule has 5 heteroatoms. The molecule has 0 aromatic heterocycles. The normalized spacial score (nSPS) is 37.1. The quantitative estimate of drug-likeness (QED) is 0.697. The highest BCUT2D eigenvalue weighted by Gasteiger charge is 2.59. The van der Waals surface area contributed by atoms with Gasteiger partial charge in [-0.1, -0.05) is 19.3 Å². The average molecular weight is 319 g/mol. The highest BCUT2D eigenvalue weighted by molar-refractivity contribution is 5.75. The third kappa shape index (κ3) is 2.27. The van der Waals surface area contributed by atoms with Gasteiger partial charge in [-0.3, -0.25) is 9.59 Å². The molecule has 3 fully saturated rings. The molecule has 5 nitrogen and oxygen atoms in total. The summed E-state index contributed by atoms with van der Waals surface area (Å²) in [6.07, 6.45) is 9.45. The molecule has 2 aliphatic heterocycles.